The van der Waals surface area contributed by atoms with Crippen molar-refractivity contribution in [3.63, 3.8) is 0 Å². The lowest BCUT2D eigenvalue weighted by Crippen LogP contribution is -2.32. The van der Waals surface area contributed by atoms with Gasteiger partial charge in [-0.2, -0.15) is 38.4 Å². The number of alkyl halides is 6. The summed E-state index contributed by atoms with van der Waals surface area (Å²) in [5.41, 5.74) is -11.0. The van der Waals surface area contributed by atoms with Crippen molar-refractivity contribution in [2.45, 2.75) is 29.3 Å². The number of hydrogen-bond donors (Lipinski definition) is 0. The maximum absolute atomic E-state index is 14.4. The van der Waals surface area contributed by atoms with Crippen molar-refractivity contribution in [3.8, 4) is 0 Å². The number of fused-ring (bicyclic) bond motifs is 1. The molecular weight excluding hydrogens is 442 g/mol. The highest BCUT2D eigenvalue weighted by molar-refractivity contribution is 8.41. The Balaban J connectivity index is 2.40. The van der Waals surface area contributed by atoms with Crippen LogP contribution in [0.1, 0.15) is 23.6 Å². The number of hydrogen-bond acceptors (Lipinski definition) is 3. The van der Waals surface area contributed by atoms with Gasteiger partial charge in [-0.25, -0.2) is 0 Å². The van der Waals surface area contributed by atoms with E-state index in [4.69, 9.17) is 0 Å². The zero-order chi connectivity index (χ0) is 21.7. The lowest BCUT2D eigenvalue weighted by Gasteiger charge is -2.39. The number of benzene rings is 2. The van der Waals surface area contributed by atoms with Crippen LogP contribution < -0.4 is 0 Å². The Morgan fingerprint density at radius 1 is 0.931 bits per heavy atom. The maximum atomic E-state index is 14.4. The summed E-state index contributed by atoms with van der Waals surface area (Å²) in [6, 6.07) is 10.6. The third-order valence-corrected chi connectivity index (χ3v) is 8.99. The Morgan fingerprint density at radius 3 is 2.07 bits per heavy atom. The van der Waals surface area contributed by atoms with Crippen molar-refractivity contribution in [1.29, 1.82) is 0 Å². The van der Waals surface area contributed by atoms with Crippen molar-refractivity contribution in [3.05, 3.63) is 65.2 Å². The minimum absolute atomic E-state index is 0.0264. The highest BCUT2D eigenvalue weighted by Gasteiger charge is 2.64. The molecule has 0 saturated heterocycles. The Bertz CT molecular complexity index is 1060. The lowest BCUT2D eigenvalue weighted by molar-refractivity contribution is -0.0543. The largest absolute Gasteiger partial charge is 0.523 e. The molecule has 0 spiro atoms. The summed E-state index contributed by atoms with van der Waals surface area (Å²) in [6.07, 6.45) is 1.37. The Hall–Kier alpha value is -1.98. The molecule has 0 N–H and O–H groups in total. The van der Waals surface area contributed by atoms with Crippen molar-refractivity contribution in [2.24, 2.45) is 0 Å². The van der Waals surface area contributed by atoms with Crippen LogP contribution in [0.15, 0.2) is 53.4 Å². The van der Waals surface area contributed by atoms with Gasteiger partial charge in [-0.05, 0) is 35.3 Å². The van der Waals surface area contributed by atoms with Gasteiger partial charge in [0, 0.05) is 20.1 Å². The van der Waals surface area contributed by atoms with E-state index in [9.17, 15) is 34.8 Å². The molecule has 0 radical (unpaired) electrons. The molecule has 0 aromatic heterocycles. The summed E-state index contributed by atoms with van der Waals surface area (Å²) < 4.78 is 110. The van der Waals surface area contributed by atoms with Gasteiger partial charge < -0.3 is 0 Å². The predicted molar refractivity (Wildman–Crippen MR) is 98.1 cm³/mol. The van der Waals surface area contributed by atoms with Crippen LogP contribution in [0.4, 0.5) is 26.3 Å². The van der Waals surface area contributed by atoms with Gasteiger partial charge in [0.2, 0.25) is 0 Å². The molecule has 1 aliphatic rings. The monoisotopic (exact) mass is 456 g/mol. The molecular formula is C18H14F6O3S2. The fourth-order valence-electron chi connectivity index (χ4n) is 3.03. The SMILES string of the molecule is CCc1cccc2c1C=C(c1ccccc1)S2(OS(=O)(=O)C(F)(F)F)C(F)(F)F. The second-order valence-electron chi connectivity index (χ2n) is 6.03. The van der Waals surface area contributed by atoms with Crippen LogP contribution >= 0.6 is 10.3 Å². The lowest BCUT2D eigenvalue weighted by atomic mass is 10.0. The number of rotatable bonds is 4. The molecule has 1 atom stereocenters. The van der Waals surface area contributed by atoms with Crippen LogP contribution in [-0.2, 0) is 20.2 Å². The molecule has 2 aromatic rings. The quantitative estimate of drug-likeness (QED) is 0.405. The Morgan fingerprint density at radius 2 is 1.55 bits per heavy atom. The van der Waals surface area contributed by atoms with E-state index in [-0.39, 0.29) is 11.1 Å². The molecule has 0 aliphatic carbocycles. The second-order valence-corrected chi connectivity index (χ2v) is 10.4. The minimum Gasteiger partial charge on any atom is -0.196 e. The van der Waals surface area contributed by atoms with E-state index in [1.54, 1.807) is 6.92 Å². The van der Waals surface area contributed by atoms with Crippen molar-refractivity contribution in [1.82, 2.24) is 0 Å². The number of aryl methyl sites for hydroxylation is 1. The summed E-state index contributed by atoms with van der Waals surface area (Å²) in [6.45, 7) is 1.67. The van der Waals surface area contributed by atoms with Crippen LogP contribution in [0.2, 0.25) is 0 Å². The van der Waals surface area contributed by atoms with E-state index in [1.807, 2.05) is 0 Å². The van der Waals surface area contributed by atoms with Crippen LogP contribution in [0.25, 0.3) is 11.0 Å². The summed E-state index contributed by atoms with van der Waals surface area (Å²) >= 11 is 0. The molecule has 3 nitrogen and oxygen atoms in total. The van der Waals surface area contributed by atoms with E-state index < -0.39 is 41.2 Å². The van der Waals surface area contributed by atoms with Crippen LogP contribution in [0.5, 0.6) is 0 Å². The fourth-order valence-corrected chi connectivity index (χ4v) is 7.57. The van der Waals surface area contributed by atoms with Crippen LogP contribution in [0, 0.1) is 0 Å². The maximum Gasteiger partial charge on any atom is 0.523 e. The normalized spacial score (nSPS) is 22.0. The average Bonchev–Trinajstić information content (AvgIpc) is 2.96. The molecule has 0 fully saturated rings. The first-order valence-corrected chi connectivity index (χ1v) is 11.1. The van der Waals surface area contributed by atoms with E-state index in [2.05, 4.69) is 3.63 Å². The smallest absolute Gasteiger partial charge is 0.196 e. The first-order valence-electron chi connectivity index (χ1n) is 8.16. The molecule has 1 unspecified atom stereocenters. The molecule has 1 heterocycles. The van der Waals surface area contributed by atoms with Gasteiger partial charge in [-0.1, -0.05) is 49.4 Å². The van der Waals surface area contributed by atoms with Gasteiger partial charge in [0.05, 0.1) is 0 Å². The summed E-state index contributed by atoms with van der Waals surface area (Å²) in [5, 5.41) is 0. The highest BCUT2D eigenvalue weighted by atomic mass is 32.3. The van der Waals surface area contributed by atoms with Crippen molar-refractivity contribution < 1.29 is 38.4 Å². The van der Waals surface area contributed by atoms with Gasteiger partial charge in [0.1, 0.15) is 0 Å². The summed E-state index contributed by atoms with van der Waals surface area (Å²) in [7, 11) is -11.6. The first-order chi connectivity index (χ1) is 13.3. The zero-order valence-corrected chi connectivity index (χ0v) is 16.3. The molecule has 1 aliphatic heterocycles. The number of halogens is 6. The standard InChI is InChI=1S/C18H14F6O3S2/c1-2-12-9-6-10-15-14(12)11-16(13-7-4-3-5-8-13)28(15,17(19,20)21)27-29(25,26)18(22,23)24/h3-11H,2H2,1H3. The molecule has 0 bridgehead atoms. The topological polar surface area (TPSA) is 43.4 Å². The average molecular weight is 456 g/mol. The highest BCUT2D eigenvalue weighted by Crippen LogP contribution is 2.80. The molecule has 2 aromatic carbocycles. The fraction of sp³-hybridized carbons (Fsp3) is 0.222. The zero-order valence-electron chi connectivity index (χ0n) is 14.7. The predicted octanol–water partition coefficient (Wildman–Crippen LogP) is 6.23. The minimum atomic E-state index is -6.55. The molecule has 11 heteroatoms. The molecule has 0 saturated carbocycles. The van der Waals surface area contributed by atoms with Gasteiger partial charge in [-0.3, -0.25) is 0 Å². The Labute approximate surface area is 164 Å². The van der Waals surface area contributed by atoms with Gasteiger partial charge in [-0.15, -0.1) is 0 Å². The summed E-state index contributed by atoms with van der Waals surface area (Å²) in [5.74, 6) is 0. The van der Waals surface area contributed by atoms with Crippen molar-refractivity contribution >= 4 is 31.4 Å². The molecule has 0 amide bonds. The van der Waals surface area contributed by atoms with Gasteiger partial charge in [0.15, 0.2) is 0 Å². The van der Waals surface area contributed by atoms with E-state index >= 15 is 0 Å². The van der Waals surface area contributed by atoms with E-state index in [0.717, 1.165) is 12.1 Å². The van der Waals surface area contributed by atoms with Gasteiger partial charge >= 0.3 is 21.1 Å². The third-order valence-electron chi connectivity index (χ3n) is 4.29. The second kappa shape index (κ2) is 7.06. The van der Waals surface area contributed by atoms with Crippen molar-refractivity contribution in [2.75, 3.05) is 0 Å². The van der Waals surface area contributed by atoms with Crippen LogP contribution in [0.3, 0.4) is 0 Å². The molecule has 29 heavy (non-hydrogen) atoms. The summed E-state index contributed by atoms with van der Waals surface area (Å²) in [4.78, 5) is -1.26. The van der Waals surface area contributed by atoms with Gasteiger partial charge in [0.25, 0.3) is 0 Å². The Kier molecular flexibility index (Phi) is 5.29. The third kappa shape index (κ3) is 3.44. The first kappa shape index (κ1) is 21.7. The molecule has 158 valence electrons. The van der Waals surface area contributed by atoms with E-state index in [1.165, 1.54) is 42.5 Å². The van der Waals surface area contributed by atoms with E-state index in [0.29, 0.717) is 12.0 Å². The molecule has 3 rings (SSSR count). The van der Waals surface area contributed by atoms with Crippen LogP contribution in [-0.4, -0.2) is 19.4 Å².